The molecular formula is C19H22FN5O. The zero-order valence-electron chi connectivity index (χ0n) is 15.1. The third-order valence-electron chi connectivity index (χ3n) is 4.72. The van der Waals surface area contributed by atoms with Gasteiger partial charge in [-0.2, -0.15) is 0 Å². The quantitative estimate of drug-likeness (QED) is 0.807. The molecule has 0 saturated carbocycles. The van der Waals surface area contributed by atoms with Crippen LogP contribution in [-0.2, 0) is 11.8 Å². The number of benzene rings is 1. The van der Waals surface area contributed by atoms with Gasteiger partial charge in [0.2, 0.25) is 5.67 Å². The molecule has 1 aromatic heterocycles. The maximum Gasteiger partial charge on any atom is 0.265 e. The van der Waals surface area contributed by atoms with Gasteiger partial charge in [-0.3, -0.25) is 4.79 Å². The highest BCUT2D eigenvalue weighted by Gasteiger charge is 2.45. The summed E-state index contributed by atoms with van der Waals surface area (Å²) < 4.78 is 16.2. The van der Waals surface area contributed by atoms with Crippen LogP contribution in [0.2, 0.25) is 0 Å². The average Bonchev–Trinajstić information content (AvgIpc) is 2.93. The molecule has 26 heavy (non-hydrogen) atoms. The van der Waals surface area contributed by atoms with E-state index in [1.807, 2.05) is 49.9 Å². The predicted octanol–water partition coefficient (Wildman–Crippen LogP) is 2.13. The molecule has 7 heteroatoms. The fourth-order valence-electron chi connectivity index (χ4n) is 2.73. The van der Waals surface area contributed by atoms with Crippen molar-refractivity contribution in [2.75, 3.05) is 13.1 Å². The number of hydrogen-bond donors (Lipinski definition) is 2. The molecule has 2 N–H and O–H groups in total. The summed E-state index contributed by atoms with van der Waals surface area (Å²) in [6, 6.07) is 5.98. The molecule has 2 heterocycles. The molecule has 0 radical (unpaired) electrons. The third kappa shape index (κ3) is 3.30. The van der Waals surface area contributed by atoms with Crippen LogP contribution in [0.3, 0.4) is 0 Å². The largest absolute Gasteiger partial charge is 0.331 e. The molecule has 0 bridgehead atoms. The zero-order chi connectivity index (χ0) is 18.9. The van der Waals surface area contributed by atoms with E-state index in [0.717, 1.165) is 28.2 Å². The molecule has 1 fully saturated rings. The summed E-state index contributed by atoms with van der Waals surface area (Å²) in [4.78, 5) is 20.2. The van der Waals surface area contributed by atoms with Crippen molar-refractivity contribution in [3.8, 4) is 11.3 Å². The maximum absolute atomic E-state index is 14.2. The molecule has 0 aliphatic carbocycles. The number of nitrogens with zero attached hydrogens (tertiary/aromatic N) is 3. The van der Waals surface area contributed by atoms with Crippen LogP contribution in [0.25, 0.3) is 17.3 Å². The van der Waals surface area contributed by atoms with Crippen molar-refractivity contribution in [3.63, 3.8) is 0 Å². The summed E-state index contributed by atoms with van der Waals surface area (Å²) in [5, 5.41) is 5.28. The number of alkyl halides is 1. The maximum atomic E-state index is 14.2. The van der Waals surface area contributed by atoms with Crippen molar-refractivity contribution < 1.29 is 9.18 Å². The molecule has 1 amide bonds. The van der Waals surface area contributed by atoms with Gasteiger partial charge in [0.1, 0.15) is 11.6 Å². The summed E-state index contributed by atoms with van der Waals surface area (Å²) in [7, 11) is 1.96. The number of aliphatic imine (C=N–C) groups is 1. The molecule has 0 atom stereocenters. The molecular weight excluding hydrogens is 333 g/mol. The Morgan fingerprint density at radius 1 is 1.46 bits per heavy atom. The minimum absolute atomic E-state index is 0.0115. The van der Waals surface area contributed by atoms with Crippen molar-refractivity contribution in [1.29, 1.82) is 0 Å². The van der Waals surface area contributed by atoms with Gasteiger partial charge in [0.15, 0.2) is 0 Å². The Morgan fingerprint density at radius 2 is 2.19 bits per heavy atom. The summed E-state index contributed by atoms with van der Waals surface area (Å²) >= 11 is 0. The zero-order valence-corrected chi connectivity index (χ0v) is 15.1. The van der Waals surface area contributed by atoms with Crippen molar-refractivity contribution in [2.45, 2.75) is 19.5 Å². The molecule has 1 aromatic carbocycles. The lowest BCUT2D eigenvalue weighted by atomic mass is 9.98. The number of nitrogens with one attached hydrogen (secondary N) is 2. The van der Waals surface area contributed by atoms with Crippen LogP contribution >= 0.6 is 0 Å². The van der Waals surface area contributed by atoms with Crippen LogP contribution < -0.4 is 10.6 Å². The number of imidazole rings is 1. The number of carbonyl (C=O) groups is 1. The number of rotatable bonds is 5. The van der Waals surface area contributed by atoms with Gasteiger partial charge in [-0.1, -0.05) is 12.1 Å². The smallest absolute Gasteiger partial charge is 0.265 e. The van der Waals surface area contributed by atoms with Crippen molar-refractivity contribution >= 4 is 18.7 Å². The number of hydrogen-bond acceptors (Lipinski definition) is 4. The Kier molecular flexibility index (Phi) is 4.73. The van der Waals surface area contributed by atoms with Crippen LogP contribution in [0.4, 0.5) is 4.39 Å². The van der Waals surface area contributed by atoms with Crippen LogP contribution in [-0.4, -0.2) is 40.9 Å². The minimum atomic E-state index is -1.88. The fourth-order valence-corrected chi connectivity index (χ4v) is 2.73. The monoisotopic (exact) mass is 355 g/mol. The highest BCUT2D eigenvalue weighted by atomic mass is 19.1. The summed E-state index contributed by atoms with van der Waals surface area (Å²) in [6.45, 7) is 7.40. The third-order valence-corrected chi connectivity index (χ3v) is 4.72. The lowest BCUT2D eigenvalue weighted by Crippen LogP contribution is -2.64. The Labute approximate surface area is 151 Å². The van der Waals surface area contributed by atoms with E-state index in [9.17, 15) is 9.18 Å². The van der Waals surface area contributed by atoms with Gasteiger partial charge in [-0.15, -0.1) is 0 Å². The van der Waals surface area contributed by atoms with Gasteiger partial charge < -0.3 is 15.2 Å². The molecule has 6 nitrogen and oxygen atoms in total. The van der Waals surface area contributed by atoms with Crippen molar-refractivity contribution in [2.24, 2.45) is 12.0 Å². The van der Waals surface area contributed by atoms with Crippen LogP contribution in [0.1, 0.15) is 17.0 Å². The average molecular weight is 355 g/mol. The van der Waals surface area contributed by atoms with Crippen LogP contribution in [0.5, 0.6) is 0 Å². The number of amides is 1. The Morgan fingerprint density at radius 3 is 2.73 bits per heavy atom. The highest BCUT2D eigenvalue weighted by Crippen LogP contribution is 2.24. The van der Waals surface area contributed by atoms with Gasteiger partial charge in [0.05, 0.1) is 11.9 Å². The molecule has 1 aliphatic heterocycles. The second-order valence-electron chi connectivity index (χ2n) is 6.53. The second-order valence-corrected chi connectivity index (χ2v) is 6.53. The van der Waals surface area contributed by atoms with Gasteiger partial charge in [-0.25, -0.2) is 14.4 Å². The van der Waals surface area contributed by atoms with Gasteiger partial charge in [-0.05, 0) is 43.8 Å². The first-order valence-electron chi connectivity index (χ1n) is 8.33. The first kappa shape index (κ1) is 18.0. The molecule has 136 valence electrons. The topological polar surface area (TPSA) is 71.3 Å². The van der Waals surface area contributed by atoms with E-state index < -0.39 is 11.6 Å². The number of aryl methyl sites for hydroxylation is 2. The van der Waals surface area contributed by atoms with E-state index in [0.29, 0.717) is 0 Å². The molecule has 0 unspecified atom stereocenters. The van der Waals surface area contributed by atoms with Crippen molar-refractivity contribution in [1.82, 2.24) is 20.2 Å². The predicted molar refractivity (Wildman–Crippen MR) is 100 cm³/mol. The van der Waals surface area contributed by atoms with E-state index in [2.05, 4.69) is 27.3 Å². The fraction of sp³-hybridized carbons (Fsp3) is 0.316. The van der Waals surface area contributed by atoms with Crippen LogP contribution in [0.15, 0.2) is 35.2 Å². The SMILES string of the molecule is C=N/C(=C\c1cc(-c2cnc(C)n2C)ccc1C)NC(=O)C1(F)CNC1. The lowest BCUT2D eigenvalue weighted by molar-refractivity contribution is -0.135. The molecule has 3 rings (SSSR count). The van der Waals surface area contributed by atoms with Gasteiger partial charge in [0.25, 0.3) is 5.91 Å². The second kappa shape index (κ2) is 6.84. The van der Waals surface area contributed by atoms with Crippen molar-refractivity contribution in [3.05, 3.63) is 47.2 Å². The van der Waals surface area contributed by atoms with E-state index in [1.165, 1.54) is 0 Å². The van der Waals surface area contributed by atoms with Gasteiger partial charge in [0, 0.05) is 25.7 Å². The highest BCUT2D eigenvalue weighted by molar-refractivity contribution is 5.89. The first-order valence-corrected chi connectivity index (χ1v) is 8.33. The number of aromatic nitrogens is 2. The van der Waals surface area contributed by atoms with Crippen LogP contribution in [0, 0.1) is 13.8 Å². The summed E-state index contributed by atoms with van der Waals surface area (Å²) in [5.74, 6) is 0.437. The number of carbonyl (C=O) groups excluding carboxylic acids is 1. The molecule has 0 spiro atoms. The normalized spacial score (nSPS) is 16.1. The Balaban J connectivity index is 1.90. The minimum Gasteiger partial charge on any atom is -0.331 e. The summed E-state index contributed by atoms with van der Waals surface area (Å²) in [6.07, 6.45) is 3.51. The lowest BCUT2D eigenvalue weighted by Gasteiger charge is -2.33. The first-order chi connectivity index (χ1) is 12.3. The molecule has 2 aromatic rings. The summed E-state index contributed by atoms with van der Waals surface area (Å²) in [5.41, 5.74) is 1.96. The molecule has 1 aliphatic rings. The molecule has 1 saturated heterocycles. The van der Waals surface area contributed by atoms with E-state index >= 15 is 0 Å². The number of halogens is 1. The van der Waals surface area contributed by atoms with Gasteiger partial charge >= 0.3 is 0 Å². The van der Waals surface area contributed by atoms with E-state index in [4.69, 9.17) is 0 Å². The van der Waals surface area contributed by atoms with E-state index in [1.54, 1.807) is 6.08 Å². The Hall–Kier alpha value is -2.80. The van der Waals surface area contributed by atoms with E-state index in [-0.39, 0.29) is 18.9 Å². The Bertz CT molecular complexity index is 895. The standard InChI is InChI=1S/C19H22FN5O/c1-12-5-6-14(16-9-23-13(2)25(16)4)7-15(12)8-17(21-3)24-18(26)19(20)10-22-11-19/h5-9,22H,3,10-11H2,1-2,4H3,(H,24,26)/b17-8+.